The van der Waals surface area contributed by atoms with E-state index in [1.54, 1.807) is 54.3 Å². The normalized spacial score (nSPS) is 21.1. The number of nitrogens with one attached hydrogen (secondary N) is 2. The number of phenols is 1. The number of hydrogen-bond acceptors (Lipinski definition) is 5. The standard InChI is InChI=1S/C27H29FN4O4/c1-4-11-29-12-6-13-31-25(34)27(2)15-18-21-19(9-10-20(36-3)22(21)28)30-23(18)24(32(27)26(31)35)16-7-5-8-17(33)14-16/h4-5,7-10,14,24,29-30,33H,1,6,11-13,15H2,2-3H3. The number of ether oxygens (including phenoxy) is 1. The Hall–Kier alpha value is -3.85. The van der Waals surface area contributed by atoms with E-state index < -0.39 is 23.4 Å². The number of methoxy groups -OCH3 is 1. The Kier molecular flexibility index (Phi) is 5.96. The summed E-state index contributed by atoms with van der Waals surface area (Å²) in [6.45, 7) is 6.94. The van der Waals surface area contributed by atoms with Crippen LogP contribution >= 0.6 is 0 Å². The minimum absolute atomic E-state index is 0.0356. The van der Waals surface area contributed by atoms with Gasteiger partial charge in [0.2, 0.25) is 0 Å². The second kappa shape index (κ2) is 8.98. The molecule has 2 aliphatic rings. The van der Waals surface area contributed by atoms with Crippen molar-refractivity contribution in [2.75, 3.05) is 26.7 Å². The van der Waals surface area contributed by atoms with E-state index in [1.807, 2.05) is 0 Å². The van der Waals surface area contributed by atoms with Gasteiger partial charge in [0.05, 0.1) is 7.11 Å². The van der Waals surface area contributed by atoms with E-state index >= 15 is 4.39 Å². The van der Waals surface area contributed by atoms with Crippen LogP contribution in [0.25, 0.3) is 10.9 Å². The van der Waals surface area contributed by atoms with Gasteiger partial charge in [-0.3, -0.25) is 14.6 Å². The molecule has 2 unspecified atom stereocenters. The largest absolute Gasteiger partial charge is 0.508 e. The predicted octanol–water partition coefficient (Wildman–Crippen LogP) is 3.86. The third-order valence-corrected chi connectivity index (χ3v) is 7.16. The molecule has 0 spiro atoms. The highest BCUT2D eigenvalue weighted by atomic mass is 19.1. The molecule has 1 saturated heterocycles. The first-order chi connectivity index (χ1) is 17.3. The summed E-state index contributed by atoms with van der Waals surface area (Å²) in [6, 6.07) is 8.75. The summed E-state index contributed by atoms with van der Waals surface area (Å²) in [4.78, 5) is 33.7. The van der Waals surface area contributed by atoms with Gasteiger partial charge in [0, 0.05) is 36.1 Å². The zero-order valence-corrected chi connectivity index (χ0v) is 20.3. The highest BCUT2D eigenvalue weighted by molar-refractivity contribution is 6.08. The first-order valence-electron chi connectivity index (χ1n) is 11.9. The molecule has 8 nitrogen and oxygen atoms in total. The average Bonchev–Trinajstić information content (AvgIpc) is 3.31. The lowest BCUT2D eigenvalue weighted by Crippen LogP contribution is -2.53. The molecule has 3 amide bonds. The van der Waals surface area contributed by atoms with Crippen molar-refractivity contribution < 1.29 is 23.8 Å². The molecule has 3 aromatic rings. The molecular weight excluding hydrogens is 463 g/mol. The maximum Gasteiger partial charge on any atom is 0.328 e. The Morgan fingerprint density at radius 1 is 1.33 bits per heavy atom. The second-order valence-electron chi connectivity index (χ2n) is 9.43. The number of imide groups is 1. The smallest absolute Gasteiger partial charge is 0.328 e. The Bertz CT molecular complexity index is 1370. The molecule has 0 bridgehead atoms. The van der Waals surface area contributed by atoms with Crippen LogP contribution in [0.15, 0.2) is 49.1 Å². The predicted molar refractivity (Wildman–Crippen MR) is 133 cm³/mol. The number of nitrogens with zero attached hydrogens (tertiary/aromatic N) is 2. The van der Waals surface area contributed by atoms with Crippen molar-refractivity contribution in [1.82, 2.24) is 20.1 Å². The van der Waals surface area contributed by atoms with Gasteiger partial charge in [-0.15, -0.1) is 6.58 Å². The van der Waals surface area contributed by atoms with Crippen molar-refractivity contribution in [3.8, 4) is 11.5 Å². The van der Waals surface area contributed by atoms with E-state index in [2.05, 4.69) is 16.9 Å². The lowest BCUT2D eigenvalue weighted by atomic mass is 9.81. The highest BCUT2D eigenvalue weighted by Crippen LogP contribution is 2.49. The molecule has 5 rings (SSSR count). The first kappa shape index (κ1) is 23.9. The topological polar surface area (TPSA) is 97.9 Å². The molecule has 3 heterocycles. The molecule has 0 aliphatic carbocycles. The fraction of sp³-hybridized carbons (Fsp3) is 0.333. The first-order valence-corrected chi connectivity index (χ1v) is 11.9. The maximum atomic E-state index is 15.5. The number of amides is 3. The molecule has 2 aromatic carbocycles. The molecule has 0 radical (unpaired) electrons. The van der Waals surface area contributed by atoms with Crippen LogP contribution in [0.1, 0.15) is 36.2 Å². The third-order valence-electron chi connectivity index (χ3n) is 7.16. The number of halogens is 1. The summed E-state index contributed by atoms with van der Waals surface area (Å²) in [7, 11) is 1.41. The molecule has 2 atom stereocenters. The molecule has 36 heavy (non-hydrogen) atoms. The number of carbonyl (C=O) groups excluding carboxylic acids is 2. The number of fused-ring (bicyclic) bond motifs is 4. The Morgan fingerprint density at radius 3 is 2.86 bits per heavy atom. The summed E-state index contributed by atoms with van der Waals surface area (Å²) >= 11 is 0. The van der Waals surface area contributed by atoms with Crippen molar-refractivity contribution in [3.05, 3.63) is 71.7 Å². The number of carbonyl (C=O) groups is 2. The van der Waals surface area contributed by atoms with Crippen molar-refractivity contribution in [2.24, 2.45) is 0 Å². The van der Waals surface area contributed by atoms with Gasteiger partial charge in [0.15, 0.2) is 11.6 Å². The molecule has 3 N–H and O–H groups in total. The maximum absolute atomic E-state index is 15.5. The zero-order valence-electron chi connectivity index (χ0n) is 20.3. The molecule has 0 saturated carbocycles. The van der Waals surface area contributed by atoms with E-state index in [0.717, 1.165) is 0 Å². The Balaban J connectivity index is 1.64. The summed E-state index contributed by atoms with van der Waals surface area (Å²) < 4.78 is 20.7. The van der Waals surface area contributed by atoms with Crippen molar-refractivity contribution >= 4 is 22.8 Å². The fourth-order valence-electron chi connectivity index (χ4n) is 5.51. The van der Waals surface area contributed by atoms with Gasteiger partial charge in [-0.05, 0) is 55.3 Å². The number of phenolic OH excluding ortho intramolecular Hbond substituents is 1. The van der Waals surface area contributed by atoms with Gasteiger partial charge in [0.25, 0.3) is 5.91 Å². The van der Waals surface area contributed by atoms with E-state index in [4.69, 9.17) is 4.74 Å². The molecule has 2 aliphatic heterocycles. The Morgan fingerprint density at radius 2 is 2.14 bits per heavy atom. The second-order valence-corrected chi connectivity index (χ2v) is 9.43. The highest BCUT2D eigenvalue weighted by Gasteiger charge is 2.60. The number of benzene rings is 2. The average molecular weight is 493 g/mol. The van der Waals surface area contributed by atoms with Crippen LogP contribution in [-0.4, -0.2) is 64.1 Å². The zero-order chi connectivity index (χ0) is 25.6. The number of aromatic nitrogens is 1. The quantitative estimate of drug-likeness (QED) is 0.252. The fourth-order valence-corrected chi connectivity index (χ4v) is 5.51. The monoisotopic (exact) mass is 492 g/mol. The van der Waals surface area contributed by atoms with Gasteiger partial charge in [-0.1, -0.05) is 18.2 Å². The van der Waals surface area contributed by atoms with Crippen LogP contribution in [0.2, 0.25) is 0 Å². The molecule has 188 valence electrons. The molecule has 9 heteroatoms. The SMILES string of the molecule is C=CCNCCCN1C(=O)N2C(c3cccc(O)c3)c3[nH]c4ccc(OC)c(F)c4c3CC2(C)C1=O. The van der Waals surface area contributed by atoms with Crippen LogP contribution < -0.4 is 10.1 Å². The van der Waals surface area contributed by atoms with Crippen LogP contribution in [-0.2, 0) is 11.2 Å². The number of H-pyrrole nitrogens is 1. The van der Waals surface area contributed by atoms with Gasteiger partial charge in [-0.25, -0.2) is 9.18 Å². The lowest BCUT2D eigenvalue weighted by molar-refractivity contribution is -0.133. The molecule has 1 aromatic heterocycles. The van der Waals surface area contributed by atoms with E-state index in [0.29, 0.717) is 47.2 Å². The van der Waals surface area contributed by atoms with Gasteiger partial charge >= 0.3 is 6.03 Å². The summed E-state index contributed by atoms with van der Waals surface area (Å²) in [5.74, 6) is -0.688. The number of aromatic hydroxyl groups is 1. The number of aromatic amines is 1. The lowest BCUT2D eigenvalue weighted by Gasteiger charge is -2.42. The summed E-state index contributed by atoms with van der Waals surface area (Å²) in [6.07, 6.45) is 2.49. The minimum atomic E-state index is -1.22. The van der Waals surface area contributed by atoms with Gasteiger partial charge < -0.3 is 20.1 Å². The van der Waals surface area contributed by atoms with Crippen molar-refractivity contribution in [2.45, 2.75) is 31.3 Å². The third kappa shape index (κ3) is 3.53. The summed E-state index contributed by atoms with van der Waals surface area (Å²) in [5.41, 5.74) is 1.20. The van der Waals surface area contributed by atoms with Crippen LogP contribution in [0.5, 0.6) is 11.5 Å². The van der Waals surface area contributed by atoms with Gasteiger partial charge in [-0.2, -0.15) is 0 Å². The Labute approximate surface area is 208 Å². The van der Waals surface area contributed by atoms with E-state index in [1.165, 1.54) is 12.0 Å². The van der Waals surface area contributed by atoms with Crippen molar-refractivity contribution in [3.63, 3.8) is 0 Å². The van der Waals surface area contributed by atoms with Gasteiger partial charge in [0.1, 0.15) is 17.3 Å². The van der Waals surface area contributed by atoms with Crippen LogP contribution in [0.3, 0.4) is 0 Å². The van der Waals surface area contributed by atoms with E-state index in [9.17, 15) is 14.7 Å². The molecular formula is C27H29FN4O4. The van der Waals surface area contributed by atoms with Crippen molar-refractivity contribution in [1.29, 1.82) is 0 Å². The van der Waals surface area contributed by atoms with Crippen LogP contribution in [0.4, 0.5) is 9.18 Å². The number of hydrogen-bond donors (Lipinski definition) is 3. The minimum Gasteiger partial charge on any atom is -0.508 e. The summed E-state index contributed by atoms with van der Waals surface area (Å²) in [5, 5.41) is 13.8. The van der Waals surface area contributed by atoms with E-state index in [-0.39, 0.29) is 30.4 Å². The number of urea groups is 1. The molecule has 1 fully saturated rings. The van der Waals surface area contributed by atoms with Crippen LogP contribution in [0, 0.1) is 5.82 Å². The number of rotatable bonds is 8.